The molecule has 2 aromatic rings. The van der Waals surface area contributed by atoms with E-state index in [1.165, 1.54) is 6.07 Å². The van der Waals surface area contributed by atoms with Crippen molar-refractivity contribution in [2.45, 2.75) is 6.92 Å². The van der Waals surface area contributed by atoms with Crippen LogP contribution >= 0.6 is 0 Å². The molecule has 0 radical (unpaired) electrons. The van der Waals surface area contributed by atoms with Crippen molar-refractivity contribution in [2.24, 2.45) is 0 Å². The van der Waals surface area contributed by atoms with Crippen LogP contribution in [-0.2, 0) is 0 Å². The lowest BCUT2D eigenvalue weighted by Crippen LogP contribution is -2.03. The number of rotatable bonds is 4. The van der Waals surface area contributed by atoms with Crippen LogP contribution in [0, 0.1) is 22.9 Å². The van der Waals surface area contributed by atoms with Gasteiger partial charge in [-0.25, -0.2) is 9.18 Å². The highest BCUT2D eigenvalue weighted by Crippen LogP contribution is 2.33. The molecule has 9 heteroatoms. The molecule has 0 spiro atoms. The summed E-state index contributed by atoms with van der Waals surface area (Å²) in [6.07, 6.45) is 0. The van der Waals surface area contributed by atoms with E-state index in [1.54, 1.807) is 6.92 Å². The number of nitro benzene ring substituents is 1. The fraction of sp³-hybridized carbons (Fsp3) is 0.0909. The molecule has 0 aliphatic carbocycles. The SMILES string of the molecule is Cc1cc(Oc2cc(C(=O)O)c(F)cc2[N+](=O)[O-])n[nH]1. The van der Waals surface area contributed by atoms with Crippen LogP contribution in [0.5, 0.6) is 11.6 Å². The summed E-state index contributed by atoms with van der Waals surface area (Å²) in [4.78, 5) is 20.8. The molecule has 0 atom stereocenters. The van der Waals surface area contributed by atoms with E-state index in [1.807, 2.05) is 0 Å². The molecule has 0 unspecified atom stereocenters. The molecule has 1 heterocycles. The van der Waals surface area contributed by atoms with Gasteiger partial charge in [-0.05, 0) is 6.92 Å². The molecule has 1 aromatic carbocycles. The van der Waals surface area contributed by atoms with E-state index in [9.17, 15) is 19.3 Å². The number of ether oxygens (including phenoxy) is 1. The van der Waals surface area contributed by atoms with Crippen molar-refractivity contribution in [2.75, 3.05) is 0 Å². The first-order chi connectivity index (χ1) is 9.38. The smallest absolute Gasteiger partial charge is 0.338 e. The van der Waals surface area contributed by atoms with E-state index in [-0.39, 0.29) is 5.88 Å². The molecule has 8 nitrogen and oxygen atoms in total. The third kappa shape index (κ3) is 2.55. The Morgan fingerprint density at radius 2 is 2.20 bits per heavy atom. The van der Waals surface area contributed by atoms with Crippen molar-refractivity contribution in [1.82, 2.24) is 10.2 Å². The second-order valence-corrected chi connectivity index (χ2v) is 3.85. The molecule has 2 rings (SSSR count). The van der Waals surface area contributed by atoms with E-state index in [0.29, 0.717) is 11.8 Å². The minimum absolute atomic E-state index is 0.00791. The molecule has 0 aliphatic heterocycles. The number of aryl methyl sites for hydroxylation is 1. The number of hydrogen-bond acceptors (Lipinski definition) is 5. The van der Waals surface area contributed by atoms with E-state index in [0.717, 1.165) is 6.07 Å². The lowest BCUT2D eigenvalue weighted by Gasteiger charge is -2.05. The number of halogens is 1. The molecule has 1 aromatic heterocycles. The third-order valence-electron chi connectivity index (χ3n) is 2.37. The van der Waals surface area contributed by atoms with Crippen molar-refractivity contribution in [1.29, 1.82) is 0 Å². The van der Waals surface area contributed by atoms with Gasteiger partial charge in [0.2, 0.25) is 11.6 Å². The Hall–Kier alpha value is -2.97. The second kappa shape index (κ2) is 4.96. The van der Waals surface area contributed by atoms with Crippen molar-refractivity contribution < 1.29 is 24.0 Å². The predicted octanol–water partition coefficient (Wildman–Crippen LogP) is 2.26. The van der Waals surface area contributed by atoms with Crippen molar-refractivity contribution in [3.63, 3.8) is 0 Å². The van der Waals surface area contributed by atoms with E-state index in [4.69, 9.17) is 9.84 Å². The number of carbonyl (C=O) groups is 1. The highest BCUT2D eigenvalue weighted by molar-refractivity contribution is 5.89. The number of nitrogens with one attached hydrogen (secondary N) is 1. The van der Waals surface area contributed by atoms with Crippen LogP contribution in [0.4, 0.5) is 10.1 Å². The zero-order valence-electron chi connectivity index (χ0n) is 10.1. The normalized spacial score (nSPS) is 10.3. The third-order valence-corrected chi connectivity index (χ3v) is 2.37. The van der Waals surface area contributed by atoms with Crippen LogP contribution in [0.25, 0.3) is 0 Å². The lowest BCUT2D eigenvalue weighted by atomic mass is 10.2. The average Bonchev–Trinajstić information content (AvgIpc) is 2.76. The first-order valence-corrected chi connectivity index (χ1v) is 5.29. The van der Waals surface area contributed by atoms with Crippen LogP contribution in [0.3, 0.4) is 0 Å². The highest BCUT2D eigenvalue weighted by Gasteiger charge is 2.23. The zero-order valence-corrected chi connectivity index (χ0v) is 10.1. The number of nitro groups is 1. The van der Waals surface area contributed by atoms with Crippen molar-refractivity contribution >= 4 is 11.7 Å². The topological polar surface area (TPSA) is 118 Å². The molecular weight excluding hydrogens is 273 g/mol. The number of aromatic nitrogens is 2. The molecule has 2 N–H and O–H groups in total. The van der Waals surface area contributed by atoms with Crippen LogP contribution in [-0.4, -0.2) is 26.2 Å². The maximum Gasteiger partial charge on any atom is 0.338 e. The number of nitrogens with zero attached hydrogens (tertiary/aromatic N) is 2. The molecule has 0 bridgehead atoms. The van der Waals surface area contributed by atoms with Gasteiger partial charge in [0.05, 0.1) is 16.6 Å². The van der Waals surface area contributed by atoms with E-state index in [2.05, 4.69) is 10.2 Å². The molecular formula is C11H8FN3O5. The Morgan fingerprint density at radius 1 is 1.50 bits per heavy atom. The predicted molar refractivity (Wildman–Crippen MR) is 63.4 cm³/mol. The first kappa shape index (κ1) is 13.5. The molecule has 104 valence electrons. The van der Waals surface area contributed by atoms with Gasteiger partial charge in [-0.3, -0.25) is 15.2 Å². The van der Waals surface area contributed by atoms with Gasteiger partial charge in [0.15, 0.2) is 0 Å². The summed E-state index contributed by atoms with van der Waals surface area (Å²) in [6.45, 7) is 1.68. The minimum Gasteiger partial charge on any atom is -0.478 e. The van der Waals surface area contributed by atoms with E-state index < -0.39 is 33.7 Å². The number of hydrogen-bond donors (Lipinski definition) is 2. The quantitative estimate of drug-likeness (QED) is 0.655. The Bertz CT molecular complexity index is 697. The summed E-state index contributed by atoms with van der Waals surface area (Å²) in [7, 11) is 0. The van der Waals surface area contributed by atoms with Gasteiger partial charge in [0.25, 0.3) is 0 Å². The number of carboxylic acid groups (broad SMARTS) is 1. The van der Waals surface area contributed by atoms with Crippen LogP contribution in [0.15, 0.2) is 18.2 Å². The van der Waals surface area contributed by atoms with Crippen molar-refractivity contribution in [3.05, 3.63) is 45.4 Å². The fourth-order valence-corrected chi connectivity index (χ4v) is 1.49. The van der Waals surface area contributed by atoms with Crippen molar-refractivity contribution in [3.8, 4) is 11.6 Å². The summed E-state index contributed by atoms with van der Waals surface area (Å²) >= 11 is 0. The minimum atomic E-state index is -1.56. The largest absolute Gasteiger partial charge is 0.478 e. The molecule has 0 fully saturated rings. The number of aromatic amines is 1. The van der Waals surface area contributed by atoms with Gasteiger partial charge in [-0.2, -0.15) is 0 Å². The van der Waals surface area contributed by atoms with Gasteiger partial charge in [-0.15, -0.1) is 5.10 Å². The first-order valence-electron chi connectivity index (χ1n) is 5.29. The van der Waals surface area contributed by atoms with Gasteiger partial charge >= 0.3 is 11.7 Å². The van der Waals surface area contributed by atoms with Gasteiger partial charge in [0, 0.05) is 17.8 Å². The number of carboxylic acids is 1. The average molecular weight is 281 g/mol. The van der Waals surface area contributed by atoms with Gasteiger partial charge in [0.1, 0.15) is 5.82 Å². The summed E-state index contributed by atoms with van der Waals surface area (Å²) in [6, 6.07) is 2.70. The summed E-state index contributed by atoms with van der Waals surface area (Å²) in [5.41, 5.74) is -0.769. The van der Waals surface area contributed by atoms with E-state index >= 15 is 0 Å². The molecule has 0 saturated heterocycles. The highest BCUT2D eigenvalue weighted by atomic mass is 19.1. The monoisotopic (exact) mass is 281 g/mol. The molecule has 0 amide bonds. The number of benzene rings is 1. The Labute approximate surface area is 111 Å². The fourth-order valence-electron chi connectivity index (χ4n) is 1.49. The Morgan fingerprint density at radius 3 is 2.70 bits per heavy atom. The zero-order chi connectivity index (χ0) is 14.9. The molecule has 20 heavy (non-hydrogen) atoms. The molecule has 0 saturated carbocycles. The maximum atomic E-state index is 13.4. The Balaban J connectivity index is 2.50. The second-order valence-electron chi connectivity index (χ2n) is 3.85. The van der Waals surface area contributed by atoms with Crippen LogP contribution < -0.4 is 4.74 Å². The lowest BCUT2D eigenvalue weighted by molar-refractivity contribution is -0.385. The summed E-state index contributed by atoms with van der Waals surface area (Å²) < 4.78 is 18.5. The summed E-state index contributed by atoms with van der Waals surface area (Å²) in [5, 5.41) is 25.9. The van der Waals surface area contributed by atoms with Gasteiger partial charge in [-0.1, -0.05) is 0 Å². The maximum absolute atomic E-state index is 13.4. The Kier molecular flexibility index (Phi) is 3.34. The van der Waals surface area contributed by atoms with Gasteiger partial charge < -0.3 is 9.84 Å². The van der Waals surface area contributed by atoms with Crippen LogP contribution in [0.1, 0.15) is 16.1 Å². The summed E-state index contributed by atoms with van der Waals surface area (Å²) in [5.74, 6) is -3.16. The number of aromatic carboxylic acids is 1. The standard InChI is InChI=1S/C11H8FN3O5/c1-5-2-10(14-13-5)20-9-3-6(11(16)17)7(12)4-8(9)15(18)19/h2-4H,1H3,(H,13,14)(H,16,17). The number of H-pyrrole nitrogens is 1. The molecule has 0 aliphatic rings. The van der Waals surface area contributed by atoms with Crippen LogP contribution in [0.2, 0.25) is 0 Å².